The van der Waals surface area contributed by atoms with E-state index in [2.05, 4.69) is 47.0 Å². The third-order valence-corrected chi connectivity index (χ3v) is 6.65. The van der Waals surface area contributed by atoms with Crippen molar-refractivity contribution >= 4 is 45.7 Å². The van der Waals surface area contributed by atoms with E-state index in [0.29, 0.717) is 17.4 Å². The zero-order chi connectivity index (χ0) is 19.0. The molecule has 0 spiro atoms. The summed E-state index contributed by atoms with van der Waals surface area (Å²) >= 11 is 7.12. The SMILES string of the molecule is Cc1sc2[nH]c(=S)n(CCCN3C=NCC3C)c(=O)c2c1C1=CC=CCC1. The highest BCUT2D eigenvalue weighted by Gasteiger charge is 2.19. The lowest BCUT2D eigenvalue weighted by atomic mass is 9.96. The number of H-pyrrole nitrogens is 1. The predicted octanol–water partition coefficient (Wildman–Crippen LogP) is 4.28. The van der Waals surface area contributed by atoms with Crippen LogP contribution in [0, 0.1) is 11.7 Å². The molecule has 2 aromatic heterocycles. The minimum Gasteiger partial charge on any atom is -0.358 e. The van der Waals surface area contributed by atoms with Crippen molar-refractivity contribution in [3.63, 3.8) is 0 Å². The molecule has 1 aliphatic carbocycles. The molecule has 0 amide bonds. The first-order valence-corrected chi connectivity index (χ1v) is 10.7. The number of nitrogens with zero attached hydrogens (tertiary/aromatic N) is 3. The van der Waals surface area contributed by atoms with E-state index < -0.39 is 0 Å². The van der Waals surface area contributed by atoms with Gasteiger partial charge in [-0.05, 0) is 50.9 Å². The molecule has 1 aliphatic heterocycles. The molecule has 1 unspecified atom stereocenters. The summed E-state index contributed by atoms with van der Waals surface area (Å²) in [5.41, 5.74) is 2.38. The summed E-state index contributed by atoms with van der Waals surface area (Å²) in [6.07, 6.45) is 11.2. The number of fused-ring (bicyclic) bond motifs is 1. The number of aromatic nitrogens is 2. The van der Waals surface area contributed by atoms with Crippen LogP contribution in [-0.4, -0.2) is 39.9 Å². The van der Waals surface area contributed by atoms with Crippen LogP contribution in [0.2, 0.25) is 0 Å². The summed E-state index contributed by atoms with van der Waals surface area (Å²) in [5, 5.41) is 0.795. The Morgan fingerprint density at radius 2 is 2.26 bits per heavy atom. The topological polar surface area (TPSA) is 53.4 Å². The van der Waals surface area contributed by atoms with Crippen molar-refractivity contribution < 1.29 is 0 Å². The summed E-state index contributed by atoms with van der Waals surface area (Å²) in [7, 11) is 0. The van der Waals surface area contributed by atoms with E-state index in [0.717, 1.165) is 48.1 Å². The van der Waals surface area contributed by atoms with Gasteiger partial charge in [0.2, 0.25) is 0 Å². The molecule has 0 saturated carbocycles. The maximum Gasteiger partial charge on any atom is 0.263 e. The van der Waals surface area contributed by atoms with Crippen LogP contribution >= 0.6 is 23.6 Å². The van der Waals surface area contributed by atoms with E-state index in [4.69, 9.17) is 12.2 Å². The molecule has 1 atom stereocenters. The molecule has 5 nitrogen and oxygen atoms in total. The fourth-order valence-corrected chi connectivity index (χ4v) is 5.26. The maximum atomic E-state index is 13.3. The molecule has 0 fully saturated rings. The van der Waals surface area contributed by atoms with Gasteiger partial charge in [0, 0.05) is 29.6 Å². The molecule has 142 valence electrons. The number of allylic oxidation sites excluding steroid dienone is 4. The number of hydrogen-bond acceptors (Lipinski definition) is 5. The molecule has 0 aromatic carbocycles. The van der Waals surface area contributed by atoms with Crippen LogP contribution in [0.3, 0.4) is 0 Å². The molecule has 0 bridgehead atoms. The van der Waals surface area contributed by atoms with Gasteiger partial charge in [0.1, 0.15) is 4.83 Å². The second-order valence-corrected chi connectivity index (χ2v) is 8.82. The van der Waals surface area contributed by atoms with Crippen molar-refractivity contribution in [1.82, 2.24) is 14.5 Å². The largest absolute Gasteiger partial charge is 0.358 e. The number of thiophene rings is 1. The van der Waals surface area contributed by atoms with E-state index in [1.54, 1.807) is 15.9 Å². The van der Waals surface area contributed by atoms with Gasteiger partial charge in [0.05, 0.1) is 18.3 Å². The Balaban J connectivity index is 1.68. The van der Waals surface area contributed by atoms with Crippen molar-refractivity contribution in [2.45, 2.75) is 45.7 Å². The summed E-state index contributed by atoms with van der Waals surface area (Å²) in [6, 6.07) is 0.441. The van der Waals surface area contributed by atoms with Crippen molar-refractivity contribution in [3.05, 3.63) is 43.8 Å². The number of aryl methyl sites for hydroxylation is 1. The Kier molecular flexibility index (Phi) is 5.14. The average Bonchev–Trinajstić information content (AvgIpc) is 3.21. The Morgan fingerprint density at radius 1 is 1.41 bits per heavy atom. The van der Waals surface area contributed by atoms with Crippen LogP contribution in [0.1, 0.15) is 36.6 Å². The van der Waals surface area contributed by atoms with Gasteiger partial charge in [-0.1, -0.05) is 18.2 Å². The molecular formula is C20H24N4OS2. The molecular weight excluding hydrogens is 376 g/mol. The van der Waals surface area contributed by atoms with E-state index in [1.165, 1.54) is 10.5 Å². The zero-order valence-corrected chi connectivity index (χ0v) is 17.3. The number of rotatable bonds is 5. The van der Waals surface area contributed by atoms with Gasteiger partial charge in [0.15, 0.2) is 4.77 Å². The second kappa shape index (κ2) is 7.56. The van der Waals surface area contributed by atoms with Crippen molar-refractivity contribution in [2.24, 2.45) is 4.99 Å². The Hall–Kier alpha value is -1.99. The molecule has 0 radical (unpaired) electrons. The van der Waals surface area contributed by atoms with Crippen LogP contribution < -0.4 is 5.56 Å². The van der Waals surface area contributed by atoms with Crippen molar-refractivity contribution in [1.29, 1.82) is 0 Å². The van der Waals surface area contributed by atoms with Crippen LogP contribution in [-0.2, 0) is 6.54 Å². The Labute approximate surface area is 167 Å². The minimum absolute atomic E-state index is 0.0340. The molecule has 4 rings (SSSR count). The molecule has 27 heavy (non-hydrogen) atoms. The fraction of sp³-hybridized carbons (Fsp3) is 0.450. The fourth-order valence-electron chi connectivity index (χ4n) is 3.84. The van der Waals surface area contributed by atoms with Crippen LogP contribution in [0.5, 0.6) is 0 Å². The lowest BCUT2D eigenvalue weighted by molar-refractivity contribution is 0.355. The number of nitrogens with one attached hydrogen (secondary N) is 1. The molecule has 0 saturated heterocycles. The third-order valence-electron chi connectivity index (χ3n) is 5.31. The van der Waals surface area contributed by atoms with E-state index in [-0.39, 0.29) is 5.56 Å². The highest BCUT2D eigenvalue weighted by molar-refractivity contribution is 7.71. The monoisotopic (exact) mass is 400 g/mol. The summed E-state index contributed by atoms with van der Waals surface area (Å²) in [4.78, 5) is 25.2. The van der Waals surface area contributed by atoms with E-state index in [1.807, 2.05) is 6.34 Å². The van der Waals surface area contributed by atoms with Gasteiger partial charge >= 0.3 is 0 Å². The lowest BCUT2D eigenvalue weighted by Gasteiger charge is -2.20. The van der Waals surface area contributed by atoms with Gasteiger partial charge in [-0.25, -0.2) is 0 Å². The standard InChI is InChI=1S/C20H24N4OS2/c1-13-11-21-12-23(13)9-6-10-24-19(25)17-16(15-7-4-3-5-8-15)14(2)27-18(17)22-20(24)26/h3-4,7,12-13H,5-6,8-11H2,1-2H3,(H,22,26). The van der Waals surface area contributed by atoms with Gasteiger partial charge in [-0.15, -0.1) is 11.3 Å². The smallest absolute Gasteiger partial charge is 0.263 e. The van der Waals surface area contributed by atoms with Gasteiger partial charge in [-0.3, -0.25) is 14.4 Å². The van der Waals surface area contributed by atoms with E-state index >= 15 is 0 Å². The van der Waals surface area contributed by atoms with E-state index in [9.17, 15) is 4.79 Å². The number of aromatic amines is 1. The second-order valence-electron chi connectivity index (χ2n) is 7.20. The first-order valence-electron chi connectivity index (χ1n) is 9.44. The Bertz CT molecular complexity index is 1070. The number of aliphatic imine (C=N–C) groups is 1. The normalized spacial score (nSPS) is 19.3. The molecule has 2 aliphatic rings. The zero-order valence-electron chi connectivity index (χ0n) is 15.7. The molecule has 1 N–H and O–H groups in total. The molecule has 3 heterocycles. The molecule has 2 aromatic rings. The highest BCUT2D eigenvalue weighted by atomic mass is 32.1. The number of hydrogen-bond donors (Lipinski definition) is 1. The average molecular weight is 401 g/mol. The van der Waals surface area contributed by atoms with Gasteiger partial charge in [-0.2, -0.15) is 0 Å². The quantitative estimate of drug-likeness (QED) is 0.762. The minimum atomic E-state index is 0.0340. The summed E-state index contributed by atoms with van der Waals surface area (Å²) < 4.78 is 2.24. The summed E-state index contributed by atoms with van der Waals surface area (Å²) in [6.45, 7) is 6.62. The maximum absolute atomic E-state index is 13.3. The summed E-state index contributed by atoms with van der Waals surface area (Å²) in [5.74, 6) is 0. The van der Waals surface area contributed by atoms with Gasteiger partial charge < -0.3 is 9.88 Å². The first kappa shape index (κ1) is 18.4. The lowest BCUT2D eigenvalue weighted by Crippen LogP contribution is -2.31. The van der Waals surface area contributed by atoms with Crippen molar-refractivity contribution in [3.8, 4) is 0 Å². The van der Waals surface area contributed by atoms with Crippen LogP contribution in [0.25, 0.3) is 15.8 Å². The molecule has 7 heteroatoms. The first-order chi connectivity index (χ1) is 13.1. The van der Waals surface area contributed by atoms with Crippen molar-refractivity contribution in [2.75, 3.05) is 13.1 Å². The van der Waals surface area contributed by atoms with Crippen LogP contribution in [0.15, 0.2) is 28.0 Å². The predicted molar refractivity (Wildman–Crippen MR) is 117 cm³/mol. The Morgan fingerprint density at radius 3 is 2.96 bits per heavy atom. The highest BCUT2D eigenvalue weighted by Crippen LogP contribution is 2.35. The van der Waals surface area contributed by atoms with Gasteiger partial charge in [0.25, 0.3) is 5.56 Å². The van der Waals surface area contributed by atoms with Crippen LogP contribution in [0.4, 0.5) is 0 Å². The third kappa shape index (κ3) is 3.46.